The van der Waals surface area contributed by atoms with Gasteiger partial charge in [0.25, 0.3) is 0 Å². The zero-order valence-electron chi connectivity index (χ0n) is 8.01. The summed E-state index contributed by atoms with van der Waals surface area (Å²) in [6, 6.07) is 1.98. The molecule has 1 aromatic heterocycles. The third-order valence-electron chi connectivity index (χ3n) is 1.96. The van der Waals surface area contributed by atoms with E-state index in [0.29, 0.717) is 0 Å². The largest absolute Gasteiger partial charge is 0.457 e. The van der Waals surface area contributed by atoms with Crippen molar-refractivity contribution in [3.8, 4) is 11.8 Å². The normalized spacial score (nSPS) is 11.9. The van der Waals surface area contributed by atoms with Crippen molar-refractivity contribution in [2.24, 2.45) is 5.84 Å². The summed E-state index contributed by atoms with van der Waals surface area (Å²) < 4.78 is 5.87. The van der Waals surface area contributed by atoms with E-state index < -0.39 is 0 Å². The van der Waals surface area contributed by atoms with Crippen LogP contribution < -0.4 is 11.3 Å². The third-order valence-corrected chi connectivity index (χ3v) is 2.60. The van der Waals surface area contributed by atoms with Crippen LogP contribution in [0.2, 0.25) is 0 Å². The van der Waals surface area contributed by atoms with Crippen molar-refractivity contribution in [3.05, 3.63) is 22.6 Å². The highest BCUT2D eigenvalue weighted by atomic mass is 79.9. The minimum Gasteiger partial charge on any atom is -0.457 e. The second-order valence-electron chi connectivity index (χ2n) is 2.83. The fourth-order valence-corrected chi connectivity index (χ4v) is 1.74. The maximum Gasteiger partial charge on any atom is 0.173 e. The molecule has 1 atom stereocenters. The maximum absolute atomic E-state index is 5.45. The molecule has 1 rings (SSSR count). The van der Waals surface area contributed by atoms with Crippen LogP contribution in [0.15, 0.2) is 21.4 Å². The summed E-state index contributed by atoms with van der Waals surface area (Å²) in [7, 11) is 0. The number of furan rings is 1. The van der Waals surface area contributed by atoms with Gasteiger partial charge in [-0.3, -0.25) is 11.3 Å². The number of hydrogen-bond donors (Lipinski definition) is 2. The van der Waals surface area contributed by atoms with Gasteiger partial charge in [-0.1, -0.05) is 0 Å². The van der Waals surface area contributed by atoms with Crippen LogP contribution in [0.25, 0.3) is 0 Å². The molecule has 1 unspecified atom stereocenters. The quantitative estimate of drug-likeness (QED) is 0.494. The smallest absolute Gasteiger partial charge is 0.173 e. The predicted molar refractivity (Wildman–Crippen MR) is 59.2 cm³/mol. The molecule has 76 valence electrons. The van der Waals surface area contributed by atoms with Gasteiger partial charge in [0.1, 0.15) is 0 Å². The molecule has 3 N–H and O–H groups in total. The van der Waals surface area contributed by atoms with Crippen molar-refractivity contribution < 1.29 is 4.42 Å². The topological polar surface area (TPSA) is 51.2 Å². The van der Waals surface area contributed by atoms with Gasteiger partial charge in [0.2, 0.25) is 0 Å². The lowest BCUT2D eigenvalue weighted by atomic mass is 10.1. The van der Waals surface area contributed by atoms with Gasteiger partial charge in [-0.05, 0) is 35.3 Å². The van der Waals surface area contributed by atoms with E-state index in [1.54, 1.807) is 6.26 Å². The van der Waals surface area contributed by atoms with Gasteiger partial charge < -0.3 is 4.42 Å². The molecule has 0 bridgehead atoms. The number of nitrogens with two attached hydrogens (primary N) is 1. The molecule has 0 aromatic carbocycles. The fourth-order valence-electron chi connectivity index (χ4n) is 1.22. The van der Waals surface area contributed by atoms with Crippen molar-refractivity contribution >= 4 is 15.9 Å². The first-order valence-electron chi connectivity index (χ1n) is 4.38. The Hall–Kier alpha value is -0.760. The molecule has 1 heterocycles. The highest BCUT2D eigenvalue weighted by molar-refractivity contribution is 9.10. The summed E-state index contributed by atoms with van der Waals surface area (Å²) in [6.07, 6.45) is 3.33. The molecule has 3 nitrogen and oxygen atoms in total. The van der Waals surface area contributed by atoms with E-state index >= 15 is 0 Å². The van der Waals surface area contributed by atoms with E-state index in [1.165, 1.54) is 0 Å². The highest BCUT2D eigenvalue weighted by Gasteiger charge is 2.14. The number of hydrazine groups is 1. The molecular weight excluding hydrogens is 244 g/mol. The zero-order valence-corrected chi connectivity index (χ0v) is 9.60. The van der Waals surface area contributed by atoms with Gasteiger partial charge in [-0.2, -0.15) is 0 Å². The van der Waals surface area contributed by atoms with Gasteiger partial charge in [-0.25, -0.2) is 0 Å². The Bertz CT molecular complexity index is 337. The molecule has 0 aliphatic heterocycles. The van der Waals surface area contributed by atoms with Crippen LogP contribution in [-0.4, -0.2) is 0 Å². The van der Waals surface area contributed by atoms with Gasteiger partial charge in [0, 0.05) is 12.0 Å². The minimum absolute atomic E-state index is 0.0870. The van der Waals surface area contributed by atoms with Crippen LogP contribution in [0.3, 0.4) is 0 Å². The average molecular weight is 257 g/mol. The summed E-state index contributed by atoms with van der Waals surface area (Å²) in [6.45, 7) is 1.83. The maximum atomic E-state index is 5.45. The average Bonchev–Trinajstić information content (AvgIpc) is 2.60. The van der Waals surface area contributed by atoms with Crippen LogP contribution >= 0.6 is 15.9 Å². The van der Waals surface area contributed by atoms with Crippen molar-refractivity contribution in [2.45, 2.75) is 25.8 Å². The minimum atomic E-state index is 0.0870. The summed E-state index contributed by atoms with van der Waals surface area (Å²) in [5, 5.41) is 0. The second kappa shape index (κ2) is 5.86. The lowest BCUT2D eigenvalue weighted by Crippen LogP contribution is -2.27. The van der Waals surface area contributed by atoms with Crippen molar-refractivity contribution in [1.82, 2.24) is 5.43 Å². The Morgan fingerprint density at radius 3 is 3.00 bits per heavy atom. The van der Waals surface area contributed by atoms with E-state index in [9.17, 15) is 0 Å². The number of halogens is 1. The predicted octanol–water partition coefficient (Wildman–Crippen LogP) is 2.35. The summed E-state index contributed by atoms with van der Waals surface area (Å²) >= 11 is 3.32. The van der Waals surface area contributed by atoms with Crippen LogP contribution in [-0.2, 0) is 0 Å². The zero-order chi connectivity index (χ0) is 10.4. The molecule has 4 heteroatoms. The Morgan fingerprint density at radius 2 is 2.50 bits per heavy atom. The number of nitrogens with one attached hydrogen (secondary N) is 1. The van der Waals surface area contributed by atoms with Crippen LogP contribution in [0.1, 0.15) is 31.4 Å². The second-order valence-corrected chi connectivity index (χ2v) is 3.55. The Kier molecular flexibility index (Phi) is 4.74. The van der Waals surface area contributed by atoms with E-state index in [0.717, 1.165) is 23.1 Å². The van der Waals surface area contributed by atoms with Gasteiger partial charge in [-0.15, -0.1) is 11.8 Å². The monoisotopic (exact) mass is 256 g/mol. The van der Waals surface area contributed by atoms with E-state index in [2.05, 4.69) is 33.2 Å². The molecule has 0 spiro atoms. The van der Waals surface area contributed by atoms with Crippen molar-refractivity contribution in [3.63, 3.8) is 0 Å². The van der Waals surface area contributed by atoms with Gasteiger partial charge in [0.05, 0.1) is 12.3 Å². The van der Waals surface area contributed by atoms with Gasteiger partial charge >= 0.3 is 0 Å². The van der Waals surface area contributed by atoms with Crippen molar-refractivity contribution in [1.29, 1.82) is 0 Å². The lowest BCUT2D eigenvalue weighted by Gasteiger charge is -2.12. The van der Waals surface area contributed by atoms with Crippen LogP contribution in [0.5, 0.6) is 0 Å². The Labute approximate surface area is 92.1 Å². The van der Waals surface area contributed by atoms with E-state index in [-0.39, 0.29) is 6.04 Å². The van der Waals surface area contributed by atoms with E-state index in [4.69, 9.17) is 10.3 Å². The molecular formula is C10H13BrN2O. The lowest BCUT2D eigenvalue weighted by molar-refractivity contribution is 0.493. The first-order valence-corrected chi connectivity index (χ1v) is 5.17. The number of hydrogen-bond acceptors (Lipinski definition) is 3. The summed E-state index contributed by atoms with van der Waals surface area (Å²) in [4.78, 5) is 0. The van der Waals surface area contributed by atoms with Gasteiger partial charge in [0.15, 0.2) is 4.67 Å². The molecule has 0 aliphatic rings. The molecule has 0 amide bonds. The van der Waals surface area contributed by atoms with Crippen LogP contribution in [0, 0.1) is 11.8 Å². The molecule has 0 aliphatic carbocycles. The fraction of sp³-hybridized carbons (Fsp3) is 0.400. The third kappa shape index (κ3) is 2.88. The van der Waals surface area contributed by atoms with Crippen LogP contribution in [0.4, 0.5) is 0 Å². The number of rotatable bonds is 4. The van der Waals surface area contributed by atoms with Crippen molar-refractivity contribution in [2.75, 3.05) is 0 Å². The van der Waals surface area contributed by atoms with E-state index in [1.807, 2.05) is 13.0 Å². The summed E-state index contributed by atoms with van der Waals surface area (Å²) in [5.74, 6) is 11.3. The molecule has 0 fully saturated rings. The molecule has 14 heavy (non-hydrogen) atoms. The molecule has 0 saturated heterocycles. The molecule has 0 radical (unpaired) electrons. The Balaban J connectivity index is 2.61. The molecule has 1 aromatic rings. The summed E-state index contributed by atoms with van der Waals surface area (Å²) in [5.41, 5.74) is 3.78. The SMILES string of the molecule is CC#CCCC(NN)c1ccoc1Br. The highest BCUT2D eigenvalue weighted by Crippen LogP contribution is 2.26. The first-order chi connectivity index (χ1) is 6.79. The standard InChI is InChI=1S/C10H13BrN2O/c1-2-3-4-5-9(13-12)8-6-7-14-10(8)11/h6-7,9,13H,4-5,12H2,1H3. The Morgan fingerprint density at radius 1 is 1.71 bits per heavy atom. The molecule has 0 saturated carbocycles. The first kappa shape index (κ1) is 11.3.